The van der Waals surface area contributed by atoms with Crippen molar-refractivity contribution in [1.82, 2.24) is 9.80 Å². The van der Waals surface area contributed by atoms with Crippen molar-refractivity contribution in [3.05, 3.63) is 63.1 Å². The summed E-state index contributed by atoms with van der Waals surface area (Å²) < 4.78 is 10.6. The Morgan fingerprint density at radius 3 is 2.33 bits per heavy atom. The van der Waals surface area contributed by atoms with E-state index >= 15 is 0 Å². The van der Waals surface area contributed by atoms with E-state index in [1.54, 1.807) is 36.4 Å². The number of halogens is 2. The van der Waals surface area contributed by atoms with Crippen LogP contribution in [-0.2, 0) is 9.59 Å². The lowest BCUT2D eigenvalue weighted by Crippen LogP contribution is -2.32. The third-order valence-corrected chi connectivity index (χ3v) is 6.20. The molecular weight excluding hydrogens is 467 g/mol. The van der Waals surface area contributed by atoms with Gasteiger partial charge in [-0.1, -0.05) is 29.3 Å². The summed E-state index contributed by atoms with van der Waals surface area (Å²) in [6.07, 6.45) is 0.647. The van der Waals surface area contributed by atoms with E-state index < -0.39 is 17.7 Å². The summed E-state index contributed by atoms with van der Waals surface area (Å²) in [5, 5.41) is 11.8. The molecule has 0 radical (unpaired) electrons. The minimum atomic E-state index is -0.810. The molecule has 176 valence electrons. The van der Waals surface area contributed by atoms with Gasteiger partial charge in [0.25, 0.3) is 11.7 Å². The van der Waals surface area contributed by atoms with Gasteiger partial charge < -0.3 is 24.4 Å². The first kappa shape index (κ1) is 24.9. The lowest BCUT2D eigenvalue weighted by Gasteiger charge is -2.26. The zero-order valence-electron chi connectivity index (χ0n) is 18.9. The molecule has 0 unspecified atom stereocenters. The summed E-state index contributed by atoms with van der Waals surface area (Å²) in [6.45, 7) is 1.06. The molecule has 1 fully saturated rings. The summed E-state index contributed by atoms with van der Waals surface area (Å²) >= 11 is 12.3. The first-order chi connectivity index (χ1) is 15.7. The Bertz CT molecular complexity index is 1100. The van der Waals surface area contributed by atoms with E-state index in [4.69, 9.17) is 32.7 Å². The molecule has 7 nitrogen and oxygen atoms in total. The van der Waals surface area contributed by atoms with Gasteiger partial charge in [0.15, 0.2) is 11.5 Å². The maximum Gasteiger partial charge on any atom is 0.295 e. The lowest BCUT2D eigenvalue weighted by molar-refractivity contribution is -0.139. The SMILES string of the molecule is COc1ccc(/C(O)=C2\C(=O)C(=O)N(CCCN(C)C)[C@@H]2c2ccc(Cl)c(Cl)c2)cc1OC. The monoisotopic (exact) mass is 492 g/mol. The maximum absolute atomic E-state index is 13.1. The molecule has 1 amide bonds. The van der Waals surface area contributed by atoms with Gasteiger partial charge in [0.2, 0.25) is 0 Å². The molecular formula is C24H26Cl2N2O5. The number of methoxy groups -OCH3 is 2. The average molecular weight is 493 g/mol. The third kappa shape index (κ3) is 5.11. The minimum Gasteiger partial charge on any atom is -0.507 e. The molecule has 33 heavy (non-hydrogen) atoms. The summed E-state index contributed by atoms with van der Waals surface area (Å²) in [4.78, 5) is 29.6. The molecule has 2 aromatic carbocycles. The van der Waals surface area contributed by atoms with Crippen molar-refractivity contribution in [3.63, 3.8) is 0 Å². The highest BCUT2D eigenvalue weighted by Gasteiger charge is 2.46. The van der Waals surface area contributed by atoms with Crippen molar-refractivity contribution in [2.45, 2.75) is 12.5 Å². The van der Waals surface area contributed by atoms with Crippen molar-refractivity contribution in [2.24, 2.45) is 0 Å². The second-order valence-corrected chi connectivity index (χ2v) is 8.71. The van der Waals surface area contributed by atoms with Crippen LogP contribution in [0.25, 0.3) is 5.76 Å². The predicted molar refractivity (Wildman–Crippen MR) is 128 cm³/mol. The smallest absolute Gasteiger partial charge is 0.295 e. The zero-order chi connectivity index (χ0) is 24.3. The van der Waals surface area contributed by atoms with E-state index in [0.29, 0.717) is 45.6 Å². The first-order valence-corrected chi connectivity index (χ1v) is 11.1. The summed E-state index contributed by atoms with van der Waals surface area (Å²) in [5.41, 5.74) is 0.884. The second-order valence-electron chi connectivity index (χ2n) is 7.89. The predicted octanol–water partition coefficient (Wildman–Crippen LogP) is 4.38. The number of hydrogen-bond donors (Lipinski definition) is 1. The van der Waals surface area contributed by atoms with Crippen LogP contribution in [-0.4, -0.2) is 68.0 Å². The molecule has 1 atom stereocenters. The molecule has 1 saturated heterocycles. The molecule has 1 N–H and O–H groups in total. The standard InChI is InChI=1S/C24H26Cl2N2O5/c1-27(2)10-5-11-28-21(14-6-8-16(25)17(26)12-14)20(23(30)24(28)31)22(29)15-7-9-18(32-3)19(13-15)33-4/h6-9,12-13,21,29H,5,10-11H2,1-4H3/b22-20+/t21-/m1/s1. The fourth-order valence-electron chi connectivity index (χ4n) is 3.84. The van der Waals surface area contributed by atoms with Crippen LogP contribution in [0.3, 0.4) is 0 Å². The number of ether oxygens (including phenoxy) is 2. The third-order valence-electron chi connectivity index (χ3n) is 5.46. The van der Waals surface area contributed by atoms with Crippen molar-refractivity contribution in [3.8, 4) is 11.5 Å². The Hall–Kier alpha value is -2.74. The van der Waals surface area contributed by atoms with Crippen molar-refractivity contribution < 1.29 is 24.2 Å². The minimum absolute atomic E-state index is 0.0181. The number of ketones is 1. The molecule has 0 aromatic heterocycles. The van der Waals surface area contributed by atoms with Crippen LogP contribution in [0.5, 0.6) is 11.5 Å². The number of carbonyl (C=O) groups excluding carboxylic acids is 2. The van der Waals surface area contributed by atoms with Crippen molar-refractivity contribution in [2.75, 3.05) is 41.4 Å². The Morgan fingerprint density at radius 2 is 1.73 bits per heavy atom. The molecule has 9 heteroatoms. The molecule has 0 bridgehead atoms. The molecule has 3 rings (SSSR count). The van der Waals surface area contributed by atoms with E-state index in [1.807, 2.05) is 19.0 Å². The lowest BCUT2D eigenvalue weighted by atomic mass is 9.95. The van der Waals surface area contributed by atoms with Gasteiger partial charge in [0.05, 0.1) is 35.9 Å². The topological polar surface area (TPSA) is 79.3 Å². The number of nitrogens with zero attached hydrogens (tertiary/aromatic N) is 2. The van der Waals surface area contributed by atoms with Gasteiger partial charge in [-0.05, 0) is 63.0 Å². The quantitative estimate of drug-likeness (QED) is 0.334. The molecule has 1 aliphatic rings. The van der Waals surface area contributed by atoms with Crippen LogP contribution in [0.4, 0.5) is 0 Å². The Morgan fingerprint density at radius 1 is 1.03 bits per heavy atom. The van der Waals surface area contributed by atoms with Gasteiger partial charge in [-0.15, -0.1) is 0 Å². The van der Waals surface area contributed by atoms with Crippen LogP contribution in [0.2, 0.25) is 10.0 Å². The Labute approximate surface area is 203 Å². The number of benzene rings is 2. The van der Waals surface area contributed by atoms with Crippen LogP contribution < -0.4 is 9.47 Å². The number of likely N-dealkylation sites (tertiary alicyclic amines) is 1. The molecule has 0 spiro atoms. The highest BCUT2D eigenvalue weighted by molar-refractivity contribution is 6.46. The van der Waals surface area contributed by atoms with Gasteiger partial charge in [-0.3, -0.25) is 9.59 Å². The van der Waals surface area contributed by atoms with E-state index in [9.17, 15) is 14.7 Å². The largest absolute Gasteiger partial charge is 0.507 e. The zero-order valence-corrected chi connectivity index (χ0v) is 20.4. The van der Waals surface area contributed by atoms with Crippen molar-refractivity contribution >= 4 is 40.7 Å². The van der Waals surface area contributed by atoms with Gasteiger partial charge in [0.1, 0.15) is 5.76 Å². The molecule has 2 aromatic rings. The average Bonchev–Trinajstić information content (AvgIpc) is 3.04. The highest BCUT2D eigenvalue weighted by atomic mass is 35.5. The summed E-state index contributed by atoms with van der Waals surface area (Å²) in [6, 6.07) is 8.88. The van der Waals surface area contributed by atoms with E-state index in [0.717, 1.165) is 6.54 Å². The van der Waals surface area contributed by atoms with Crippen molar-refractivity contribution in [1.29, 1.82) is 0 Å². The van der Waals surface area contributed by atoms with Crippen LogP contribution >= 0.6 is 23.2 Å². The highest BCUT2D eigenvalue weighted by Crippen LogP contribution is 2.42. The van der Waals surface area contributed by atoms with Gasteiger partial charge in [-0.2, -0.15) is 0 Å². The molecule has 0 saturated carbocycles. The maximum atomic E-state index is 13.1. The van der Waals surface area contributed by atoms with Crippen LogP contribution in [0.15, 0.2) is 42.0 Å². The van der Waals surface area contributed by atoms with Crippen LogP contribution in [0, 0.1) is 0 Å². The number of aliphatic hydroxyl groups excluding tert-OH is 1. The summed E-state index contributed by atoms with van der Waals surface area (Å²) in [7, 11) is 6.84. The first-order valence-electron chi connectivity index (χ1n) is 10.3. The van der Waals surface area contributed by atoms with Gasteiger partial charge in [-0.25, -0.2) is 0 Å². The number of amides is 1. The van der Waals surface area contributed by atoms with Gasteiger partial charge in [0, 0.05) is 12.1 Å². The summed E-state index contributed by atoms with van der Waals surface area (Å²) in [5.74, 6) is -0.886. The fourth-order valence-corrected chi connectivity index (χ4v) is 4.14. The van der Waals surface area contributed by atoms with Gasteiger partial charge >= 0.3 is 0 Å². The number of hydrogen-bond acceptors (Lipinski definition) is 6. The van der Waals surface area contributed by atoms with E-state index in [-0.39, 0.29) is 11.3 Å². The molecule has 0 aliphatic carbocycles. The number of carbonyl (C=O) groups is 2. The van der Waals surface area contributed by atoms with E-state index in [2.05, 4.69) is 0 Å². The fraction of sp³-hybridized carbons (Fsp3) is 0.333. The second kappa shape index (κ2) is 10.5. The Balaban J connectivity index is 2.14. The van der Waals surface area contributed by atoms with Crippen LogP contribution in [0.1, 0.15) is 23.6 Å². The number of aliphatic hydroxyl groups is 1. The number of rotatable bonds is 8. The number of Topliss-reactive ketones (excluding diaryl/α,β-unsaturated/α-hetero) is 1. The Kier molecular flexibility index (Phi) is 7.89. The van der Waals surface area contributed by atoms with E-state index in [1.165, 1.54) is 19.1 Å². The normalized spacial score (nSPS) is 17.7. The molecule has 1 heterocycles. The molecule has 1 aliphatic heterocycles.